The van der Waals surface area contributed by atoms with Crippen molar-refractivity contribution in [2.75, 3.05) is 0 Å². The SMILES string of the molecule is CC(=O)N(Cc1cccnc1)Cc1cc(C)nn1C. The van der Waals surface area contributed by atoms with Crippen LogP contribution >= 0.6 is 0 Å². The molecule has 5 heteroatoms. The van der Waals surface area contributed by atoms with Crippen LogP contribution in [0.15, 0.2) is 30.6 Å². The summed E-state index contributed by atoms with van der Waals surface area (Å²) in [6.45, 7) is 4.65. The fourth-order valence-electron chi connectivity index (χ4n) is 2.00. The first-order valence-corrected chi connectivity index (χ1v) is 6.20. The molecule has 0 atom stereocenters. The lowest BCUT2D eigenvalue weighted by Crippen LogP contribution is -2.28. The van der Waals surface area contributed by atoms with Crippen molar-refractivity contribution in [3.05, 3.63) is 47.5 Å². The molecule has 2 aromatic heterocycles. The summed E-state index contributed by atoms with van der Waals surface area (Å²) in [4.78, 5) is 17.6. The van der Waals surface area contributed by atoms with Crippen LogP contribution in [0.1, 0.15) is 23.9 Å². The number of amides is 1. The summed E-state index contributed by atoms with van der Waals surface area (Å²) in [6.07, 6.45) is 3.51. The Morgan fingerprint density at radius 2 is 2.21 bits per heavy atom. The van der Waals surface area contributed by atoms with E-state index in [1.54, 1.807) is 24.2 Å². The van der Waals surface area contributed by atoms with Crippen LogP contribution in [0.3, 0.4) is 0 Å². The Kier molecular flexibility index (Phi) is 3.94. The summed E-state index contributed by atoms with van der Waals surface area (Å²) in [5, 5.41) is 4.30. The molecule has 0 radical (unpaired) electrons. The van der Waals surface area contributed by atoms with Crippen molar-refractivity contribution in [1.29, 1.82) is 0 Å². The zero-order valence-corrected chi connectivity index (χ0v) is 11.5. The van der Waals surface area contributed by atoms with Gasteiger partial charge < -0.3 is 4.90 Å². The number of carbonyl (C=O) groups is 1. The molecule has 0 fully saturated rings. The largest absolute Gasteiger partial charge is 0.333 e. The molecule has 0 aliphatic carbocycles. The van der Waals surface area contributed by atoms with E-state index in [0.717, 1.165) is 17.0 Å². The molecule has 100 valence electrons. The van der Waals surface area contributed by atoms with Gasteiger partial charge in [0.25, 0.3) is 0 Å². The fourth-order valence-corrected chi connectivity index (χ4v) is 2.00. The van der Waals surface area contributed by atoms with Gasteiger partial charge in [-0.3, -0.25) is 14.5 Å². The fraction of sp³-hybridized carbons (Fsp3) is 0.357. The summed E-state index contributed by atoms with van der Waals surface area (Å²) >= 11 is 0. The van der Waals surface area contributed by atoms with Crippen molar-refractivity contribution in [1.82, 2.24) is 19.7 Å². The first-order chi connectivity index (χ1) is 9.06. The van der Waals surface area contributed by atoms with Crippen molar-refractivity contribution >= 4 is 5.91 Å². The molecular weight excluding hydrogens is 240 g/mol. The van der Waals surface area contributed by atoms with Crippen molar-refractivity contribution in [2.45, 2.75) is 26.9 Å². The van der Waals surface area contributed by atoms with Gasteiger partial charge in [0.1, 0.15) is 0 Å². The van der Waals surface area contributed by atoms with Gasteiger partial charge in [-0.25, -0.2) is 0 Å². The van der Waals surface area contributed by atoms with Gasteiger partial charge in [0.15, 0.2) is 0 Å². The Labute approximate surface area is 112 Å². The van der Waals surface area contributed by atoms with Crippen molar-refractivity contribution in [3.63, 3.8) is 0 Å². The molecule has 0 saturated carbocycles. The molecular formula is C14H18N4O. The van der Waals surface area contributed by atoms with Crippen LogP contribution in [0.25, 0.3) is 0 Å². The van der Waals surface area contributed by atoms with Crippen LogP contribution in [0.5, 0.6) is 0 Å². The Balaban J connectivity index is 2.13. The van der Waals surface area contributed by atoms with Gasteiger partial charge in [0.2, 0.25) is 5.91 Å². The van der Waals surface area contributed by atoms with E-state index in [0.29, 0.717) is 13.1 Å². The van der Waals surface area contributed by atoms with Crippen molar-refractivity contribution < 1.29 is 4.79 Å². The molecule has 19 heavy (non-hydrogen) atoms. The van der Waals surface area contributed by atoms with E-state index in [4.69, 9.17) is 0 Å². The topological polar surface area (TPSA) is 51.0 Å². The highest BCUT2D eigenvalue weighted by atomic mass is 16.2. The zero-order chi connectivity index (χ0) is 13.8. The third-order valence-corrected chi connectivity index (χ3v) is 2.99. The van der Waals surface area contributed by atoms with Gasteiger partial charge in [-0.15, -0.1) is 0 Å². The second-order valence-corrected chi connectivity index (χ2v) is 4.64. The number of aryl methyl sites for hydroxylation is 2. The maximum atomic E-state index is 11.7. The summed E-state index contributed by atoms with van der Waals surface area (Å²) in [7, 11) is 1.89. The highest BCUT2D eigenvalue weighted by Crippen LogP contribution is 2.10. The molecule has 2 heterocycles. The molecule has 0 aliphatic rings. The molecule has 2 rings (SSSR count). The van der Waals surface area contributed by atoms with Gasteiger partial charge in [0.05, 0.1) is 17.9 Å². The predicted octanol–water partition coefficient (Wildman–Crippen LogP) is 1.67. The van der Waals surface area contributed by atoms with Crippen molar-refractivity contribution in [3.8, 4) is 0 Å². The lowest BCUT2D eigenvalue weighted by molar-refractivity contribution is -0.130. The molecule has 0 saturated heterocycles. The second kappa shape index (κ2) is 5.65. The zero-order valence-electron chi connectivity index (χ0n) is 11.5. The molecule has 0 unspecified atom stereocenters. The van der Waals surface area contributed by atoms with Gasteiger partial charge in [-0.2, -0.15) is 5.10 Å². The summed E-state index contributed by atoms with van der Waals surface area (Å²) in [5.74, 6) is 0.0442. The highest BCUT2D eigenvalue weighted by molar-refractivity contribution is 5.73. The average molecular weight is 258 g/mol. The first kappa shape index (κ1) is 13.3. The Morgan fingerprint density at radius 1 is 1.42 bits per heavy atom. The van der Waals surface area contributed by atoms with E-state index < -0.39 is 0 Å². The standard InChI is InChI=1S/C14H18N4O/c1-11-7-14(17(3)16-11)10-18(12(2)19)9-13-5-4-6-15-8-13/h4-8H,9-10H2,1-3H3. The second-order valence-electron chi connectivity index (χ2n) is 4.64. The monoisotopic (exact) mass is 258 g/mol. The minimum atomic E-state index is 0.0442. The minimum Gasteiger partial charge on any atom is -0.333 e. The number of nitrogens with zero attached hydrogens (tertiary/aromatic N) is 4. The lowest BCUT2D eigenvalue weighted by atomic mass is 10.2. The van der Waals surface area contributed by atoms with Crippen LogP contribution in [0, 0.1) is 6.92 Å². The molecule has 1 amide bonds. The molecule has 0 aliphatic heterocycles. The first-order valence-electron chi connectivity index (χ1n) is 6.20. The Hall–Kier alpha value is -2.17. The van der Waals surface area contributed by atoms with Crippen molar-refractivity contribution in [2.24, 2.45) is 7.05 Å². The van der Waals surface area contributed by atoms with Crippen LogP contribution in [0.4, 0.5) is 0 Å². The van der Waals surface area contributed by atoms with E-state index in [2.05, 4.69) is 10.1 Å². The number of pyridine rings is 1. The van der Waals surface area contributed by atoms with Gasteiger partial charge in [-0.1, -0.05) is 6.07 Å². The normalized spacial score (nSPS) is 10.5. The highest BCUT2D eigenvalue weighted by Gasteiger charge is 2.13. The van der Waals surface area contributed by atoms with Gasteiger partial charge in [-0.05, 0) is 24.6 Å². The number of hydrogen-bond donors (Lipinski definition) is 0. The summed E-state index contributed by atoms with van der Waals surface area (Å²) in [6, 6.07) is 5.85. The third-order valence-electron chi connectivity index (χ3n) is 2.99. The average Bonchev–Trinajstić information content (AvgIpc) is 2.68. The third kappa shape index (κ3) is 3.40. The van der Waals surface area contributed by atoms with E-state index in [1.165, 1.54) is 0 Å². The number of rotatable bonds is 4. The predicted molar refractivity (Wildman–Crippen MR) is 72.1 cm³/mol. The van der Waals surface area contributed by atoms with Crippen LogP contribution in [-0.2, 0) is 24.9 Å². The van der Waals surface area contributed by atoms with Gasteiger partial charge >= 0.3 is 0 Å². The quantitative estimate of drug-likeness (QED) is 0.838. The summed E-state index contributed by atoms with van der Waals surface area (Å²) in [5.41, 5.74) is 3.01. The Bertz CT molecular complexity index is 562. The lowest BCUT2D eigenvalue weighted by Gasteiger charge is -2.21. The number of carbonyl (C=O) groups excluding carboxylic acids is 1. The smallest absolute Gasteiger partial charge is 0.220 e. The molecule has 0 spiro atoms. The molecule has 0 N–H and O–H groups in total. The van der Waals surface area contributed by atoms with E-state index in [1.807, 2.05) is 36.9 Å². The van der Waals surface area contributed by atoms with E-state index >= 15 is 0 Å². The molecule has 0 bridgehead atoms. The molecule has 0 aromatic carbocycles. The molecule has 2 aromatic rings. The van der Waals surface area contributed by atoms with Crippen LogP contribution in [0.2, 0.25) is 0 Å². The number of aromatic nitrogens is 3. The van der Waals surface area contributed by atoms with E-state index in [9.17, 15) is 4.79 Å². The Morgan fingerprint density at radius 3 is 2.74 bits per heavy atom. The van der Waals surface area contributed by atoms with E-state index in [-0.39, 0.29) is 5.91 Å². The summed E-state index contributed by atoms with van der Waals surface area (Å²) < 4.78 is 1.81. The van der Waals surface area contributed by atoms with Crippen LogP contribution in [-0.4, -0.2) is 25.6 Å². The van der Waals surface area contributed by atoms with Gasteiger partial charge in [0, 0.05) is 32.9 Å². The maximum Gasteiger partial charge on any atom is 0.220 e. The van der Waals surface area contributed by atoms with Crippen LogP contribution < -0.4 is 0 Å². The number of hydrogen-bond acceptors (Lipinski definition) is 3. The maximum absolute atomic E-state index is 11.7. The molecule has 5 nitrogen and oxygen atoms in total. The minimum absolute atomic E-state index is 0.0442.